The third kappa shape index (κ3) is 3.70. The van der Waals surface area contributed by atoms with Crippen LogP contribution >= 0.6 is 0 Å². The summed E-state index contributed by atoms with van der Waals surface area (Å²) in [7, 11) is 3.71. The van der Waals surface area contributed by atoms with Crippen LogP contribution in [0.3, 0.4) is 0 Å². The van der Waals surface area contributed by atoms with Crippen molar-refractivity contribution in [2.24, 2.45) is 0 Å². The van der Waals surface area contributed by atoms with Crippen molar-refractivity contribution >= 4 is 6.08 Å². The van der Waals surface area contributed by atoms with Gasteiger partial charge in [-0.05, 0) is 11.6 Å². The van der Waals surface area contributed by atoms with Crippen LogP contribution in [0.15, 0.2) is 48.2 Å². The summed E-state index contributed by atoms with van der Waals surface area (Å²) in [5.41, 5.74) is 1.77. The molecule has 1 aromatic carbocycles. The standard InChI is InChI=1S/C13H14N2/c1-15(2)13(11-14)10-6-9-12-7-4-3-5-8-12/h3-10H,1-2H3/b9-6+,13-10+. The van der Waals surface area contributed by atoms with Crippen molar-refractivity contribution in [3.8, 4) is 6.07 Å². The SMILES string of the molecule is CN(C)/C(C#N)=C/C=C/c1ccccc1. The molecule has 76 valence electrons. The molecular formula is C13H14N2. The summed E-state index contributed by atoms with van der Waals surface area (Å²) >= 11 is 0. The van der Waals surface area contributed by atoms with Crippen LogP contribution in [0.4, 0.5) is 0 Å². The lowest BCUT2D eigenvalue weighted by Crippen LogP contribution is -2.08. The monoisotopic (exact) mass is 198 g/mol. The van der Waals surface area contributed by atoms with Crippen molar-refractivity contribution in [1.29, 1.82) is 5.26 Å². The summed E-state index contributed by atoms with van der Waals surface area (Å²) in [6, 6.07) is 12.1. The molecule has 1 aromatic rings. The fourth-order valence-electron chi connectivity index (χ4n) is 1.10. The summed E-state index contributed by atoms with van der Waals surface area (Å²) in [5.74, 6) is 0. The van der Waals surface area contributed by atoms with Crippen LogP contribution in [0.1, 0.15) is 5.56 Å². The molecule has 0 radical (unpaired) electrons. The molecule has 1 rings (SSSR count). The number of allylic oxidation sites excluding steroid dienone is 3. The number of rotatable bonds is 3. The minimum Gasteiger partial charge on any atom is -0.369 e. The van der Waals surface area contributed by atoms with E-state index in [4.69, 9.17) is 5.26 Å². The van der Waals surface area contributed by atoms with Gasteiger partial charge >= 0.3 is 0 Å². The summed E-state index contributed by atoms with van der Waals surface area (Å²) in [6.07, 6.45) is 5.65. The molecule has 2 nitrogen and oxygen atoms in total. The zero-order valence-corrected chi connectivity index (χ0v) is 9.01. The van der Waals surface area contributed by atoms with Gasteiger partial charge in [-0.15, -0.1) is 0 Å². The molecule has 0 aromatic heterocycles. The molecule has 0 atom stereocenters. The van der Waals surface area contributed by atoms with Crippen molar-refractivity contribution in [3.63, 3.8) is 0 Å². The first-order valence-corrected chi connectivity index (χ1v) is 4.75. The Balaban J connectivity index is 2.72. The summed E-state index contributed by atoms with van der Waals surface area (Å²) < 4.78 is 0. The normalized spacial score (nSPS) is 11.4. The Morgan fingerprint density at radius 3 is 2.47 bits per heavy atom. The molecule has 0 saturated carbocycles. The van der Waals surface area contributed by atoms with Crippen molar-refractivity contribution in [3.05, 3.63) is 53.7 Å². The summed E-state index contributed by atoms with van der Waals surface area (Å²) in [5, 5.41) is 8.80. The molecule has 15 heavy (non-hydrogen) atoms. The van der Waals surface area contributed by atoms with E-state index in [1.165, 1.54) is 0 Å². The van der Waals surface area contributed by atoms with Crippen LogP contribution in [0.5, 0.6) is 0 Å². The fourth-order valence-corrected chi connectivity index (χ4v) is 1.10. The van der Waals surface area contributed by atoms with Gasteiger partial charge in [-0.3, -0.25) is 0 Å². The first kappa shape index (κ1) is 11.1. The van der Waals surface area contributed by atoms with E-state index in [9.17, 15) is 0 Å². The van der Waals surface area contributed by atoms with Gasteiger partial charge in [0.05, 0.1) is 0 Å². The van der Waals surface area contributed by atoms with E-state index in [2.05, 4.69) is 6.07 Å². The molecule has 0 bridgehead atoms. The molecule has 0 amide bonds. The molecule has 0 aliphatic carbocycles. The minimum absolute atomic E-state index is 0.641. The third-order valence-electron chi connectivity index (χ3n) is 1.94. The second-order valence-corrected chi connectivity index (χ2v) is 3.33. The lowest BCUT2D eigenvalue weighted by Gasteiger charge is -2.07. The van der Waals surface area contributed by atoms with E-state index < -0.39 is 0 Å². The Hall–Kier alpha value is -2.01. The lowest BCUT2D eigenvalue weighted by molar-refractivity contribution is 0.533. The molecule has 2 heteroatoms. The summed E-state index contributed by atoms with van der Waals surface area (Å²) in [6.45, 7) is 0. The smallest absolute Gasteiger partial charge is 0.117 e. The number of nitrogens with zero attached hydrogens (tertiary/aromatic N) is 2. The van der Waals surface area contributed by atoms with Gasteiger partial charge in [0, 0.05) is 14.1 Å². The zero-order chi connectivity index (χ0) is 11.1. The Bertz CT molecular complexity index is 394. The first-order valence-electron chi connectivity index (χ1n) is 4.75. The third-order valence-corrected chi connectivity index (χ3v) is 1.94. The van der Waals surface area contributed by atoms with E-state index in [1.807, 2.05) is 56.6 Å². The molecule has 0 heterocycles. The molecule has 0 unspecified atom stereocenters. The van der Waals surface area contributed by atoms with E-state index in [0.29, 0.717) is 5.70 Å². The van der Waals surface area contributed by atoms with Crippen LogP contribution < -0.4 is 0 Å². The minimum atomic E-state index is 0.641. The van der Waals surface area contributed by atoms with Gasteiger partial charge in [-0.1, -0.05) is 42.5 Å². The van der Waals surface area contributed by atoms with Gasteiger partial charge in [0.2, 0.25) is 0 Å². The number of hydrogen-bond donors (Lipinski definition) is 0. The van der Waals surface area contributed by atoms with Crippen LogP contribution in [0.25, 0.3) is 6.08 Å². The molecule has 0 aliphatic heterocycles. The highest BCUT2D eigenvalue weighted by atomic mass is 15.1. The van der Waals surface area contributed by atoms with Gasteiger partial charge < -0.3 is 4.90 Å². The first-order chi connectivity index (χ1) is 7.24. The van der Waals surface area contributed by atoms with Gasteiger partial charge in [-0.2, -0.15) is 5.26 Å². The maximum atomic E-state index is 8.80. The van der Waals surface area contributed by atoms with E-state index in [-0.39, 0.29) is 0 Å². The molecule has 0 N–H and O–H groups in total. The van der Waals surface area contributed by atoms with E-state index in [1.54, 1.807) is 11.0 Å². The average Bonchev–Trinajstić information content (AvgIpc) is 2.25. The van der Waals surface area contributed by atoms with Crippen molar-refractivity contribution in [1.82, 2.24) is 4.90 Å². The van der Waals surface area contributed by atoms with Gasteiger partial charge in [0.15, 0.2) is 0 Å². The maximum absolute atomic E-state index is 8.80. The number of nitriles is 1. The van der Waals surface area contributed by atoms with Gasteiger partial charge in [-0.25, -0.2) is 0 Å². The fraction of sp³-hybridized carbons (Fsp3) is 0.154. The highest BCUT2D eigenvalue weighted by Gasteiger charge is 1.93. The van der Waals surface area contributed by atoms with Crippen LogP contribution in [0, 0.1) is 11.3 Å². The summed E-state index contributed by atoms with van der Waals surface area (Å²) in [4.78, 5) is 1.79. The number of hydrogen-bond acceptors (Lipinski definition) is 2. The predicted molar refractivity (Wildman–Crippen MR) is 62.9 cm³/mol. The average molecular weight is 198 g/mol. The highest BCUT2D eigenvalue weighted by Crippen LogP contribution is 2.02. The van der Waals surface area contributed by atoms with Gasteiger partial charge in [0.25, 0.3) is 0 Å². The van der Waals surface area contributed by atoms with Crippen molar-refractivity contribution in [2.75, 3.05) is 14.1 Å². The number of benzene rings is 1. The second kappa shape index (κ2) is 5.66. The molecular weight excluding hydrogens is 184 g/mol. The molecule has 0 saturated heterocycles. The Morgan fingerprint density at radius 1 is 1.27 bits per heavy atom. The van der Waals surface area contributed by atoms with Crippen LogP contribution in [0.2, 0.25) is 0 Å². The Kier molecular flexibility index (Phi) is 4.18. The van der Waals surface area contributed by atoms with Crippen molar-refractivity contribution < 1.29 is 0 Å². The molecule has 0 fully saturated rings. The lowest BCUT2D eigenvalue weighted by atomic mass is 10.2. The van der Waals surface area contributed by atoms with Crippen molar-refractivity contribution in [2.45, 2.75) is 0 Å². The Labute approximate surface area is 90.8 Å². The van der Waals surface area contributed by atoms with Crippen LogP contribution in [-0.2, 0) is 0 Å². The zero-order valence-electron chi connectivity index (χ0n) is 9.01. The largest absolute Gasteiger partial charge is 0.369 e. The molecule has 0 aliphatic rings. The quantitative estimate of drug-likeness (QED) is 0.551. The van der Waals surface area contributed by atoms with E-state index >= 15 is 0 Å². The second-order valence-electron chi connectivity index (χ2n) is 3.33. The van der Waals surface area contributed by atoms with E-state index in [0.717, 1.165) is 5.56 Å². The topological polar surface area (TPSA) is 27.0 Å². The maximum Gasteiger partial charge on any atom is 0.117 e. The highest BCUT2D eigenvalue weighted by molar-refractivity contribution is 5.51. The molecule has 0 spiro atoms. The predicted octanol–water partition coefficient (Wildman–Crippen LogP) is 2.67. The van der Waals surface area contributed by atoms with Gasteiger partial charge in [0.1, 0.15) is 11.8 Å². The Morgan fingerprint density at radius 2 is 1.93 bits per heavy atom. The van der Waals surface area contributed by atoms with Crippen LogP contribution in [-0.4, -0.2) is 19.0 Å².